The van der Waals surface area contributed by atoms with Crippen LogP contribution in [0.2, 0.25) is 0 Å². The SMILES string of the molecule is CCOC(=O)C(S)(C(=O)C(C)(CCc1ccccc1)OC)c1c(C)cc(CC)cc1C. The lowest BCUT2D eigenvalue weighted by Gasteiger charge is -2.37. The zero-order valence-corrected chi connectivity index (χ0v) is 20.3. The van der Waals surface area contributed by atoms with Crippen LogP contribution in [-0.4, -0.2) is 31.1 Å². The Morgan fingerprint density at radius 2 is 1.58 bits per heavy atom. The van der Waals surface area contributed by atoms with E-state index in [4.69, 9.17) is 22.1 Å². The highest BCUT2D eigenvalue weighted by Crippen LogP contribution is 2.41. The lowest BCUT2D eigenvalue weighted by Crippen LogP contribution is -2.53. The Bertz CT molecular complexity index is 901. The van der Waals surface area contributed by atoms with Crippen LogP contribution in [0.5, 0.6) is 0 Å². The van der Waals surface area contributed by atoms with Gasteiger partial charge in [0.15, 0.2) is 10.5 Å². The van der Waals surface area contributed by atoms with Gasteiger partial charge in [0.05, 0.1) is 6.61 Å². The van der Waals surface area contributed by atoms with Crippen molar-refractivity contribution in [3.05, 3.63) is 70.3 Å². The molecule has 0 saturated heterocycles. The van der Waals surface area contributed by atoms with Crippen LogP contribution in [0.25, 0.3) is 0 Å². The van der Waals surface area contributed by atoms with Gasteiger partial charge in [-0.15, -0.1) is 12.6 Å². The number of carbonyl (C=O) groups is 2. The molecule has 0 aromatic heterocycles. The highest BCUT2D eigenvalue weighted by atomic mass is 32.1. The van der Waals surface area contributed by atoms with Gasteiger partial charge in [0.2, 0.25) is 0 Å². The number of ether oxygens (including phenoxy) is 2. The van der Waals surface area contributed by atoms with E-state index in [0.717, 1.165) is 28.7 Å². The van der Waals surface area contributed by atoms with Crippen LogP contribution in [-0.2, 0) is 36.7 Å². The summed E-state index contributed by atoms with van der Waals surface area (Å²) in [6.07, 6.45) is 1.91. The smallest absolute Gasteiger partial charge is 0.334 e. The first kappa shape index (κ1) is 25.2. The molecule has 4 nitrogen and oxygen atoms in total. The van der Waals surface area contributed by atoms with E-state index in [2.05, 4.69) is 6.92 Å². The molecule has 0 amide bonds. The number of ketones is 1. The normalized spacial score (nSPS) is 15.1. The number of methoxy groups -OCH3 is 1. The van der Waals surface area contributed by atoms with Gasteiger partial charge in [-0.2, -0.15) is 0 Å². The highest BCUT2D eigenvalue weighted by Gasteiger charge is 2.54. The van der Waals surface area contributed by atoms with Gasteiger partial charge in [0.1, 0.15) is 5.60 Å². The average molecular weight is 443 g/mol. The van der Waals surface area contributed by atoms with Crippen LogP contribution in [0, 0.1) is 13.8 Å². The maximum Gasteiger partial charge on any atom is 0.334 e. The van der Waals surface area contributed by atoms with Gasteiger partial charge in [0.25, 0.3) is 0 Å². The zero-order valence-electron chi connectivity index (χ0n) is 19.5. The first-order chi connectivity index (χ1) is 14.6. The Balaban J connectivity index is 2.56. The number of benzene rings is 2. The van der Waals surface area contributed by atoms with Crippen molar-refractivity contribution in [2.24, 2.45) is 0 Å². The quantitative estimate of drug-likeness (QED) is 0.314. The van der Waals surface area contributed by atoms with E-state index in [9.17, 15) is 9.59 Å². The molecule has 2 unspecified atom stereocenters. The molecule has 31 heavy (non-hydrogen) atoms. The number of hydrogen-bond acceptors (Lipinski definition) is 5. The topological polar surface area (TPSA) is 52.6 Å². The largest absolute Gasteiger partial charge is 0.464 e. The number of rotatable bonds is 10. The fourth-order valence-corrected chi connectivity index (χ4v) is 4.74. The highest BCUT2D eigenvalue weighted by molar-refractivity contribution is 7.83. The molecule has 2 aromatic rings. The summed E-state index contributed by atoms with van der Waals surface area (Å²) in [6.45, 7) is 9.51. The standard InChI is InChI=1S/C26H34O4S/c1-7-20-16-18(3)22(19(4)17-20)26(31,24(28)30-8-2)23(27)25(5,29-6)15-14-21-12-10-9-11-13-21/h9-13,16-17,31H,7-8,14-15H2,1-6H3. The third-order valence-corrected chi connectivity index (χ3v) is 6.54. The first-order valence-electron chi connectivity index (χ1n) is 10.8. The number of aryl methyl sites for hydroxylation is 4. The molecule has 2 atom stereocenters. The molecule has 2 aromatic carbocycles. The van der Waals surface area contributed by atoms with E-state index in [1.165, 1.54) is 7.11 Å². The van der Waals surface area contributed by atoms with Gasteiger partial charge in [-0.3, -0.25) is 4.79 Å². The molecule has 5 heteroatoms. The molecule has 0 radical (unpaired) electrons. The van der Waals surface area contributed by atoms with Gasteiger partial charge in [-0.05, 0) is 74.8 Å². The minimum Gasteiger partial charge on any atom is -0.464 e. The molecule has 168 valence electrons. The summed E-state index contributed by atoms with van der Waals surface area (Å²) in [7, 11) is 1.50. The van der Waals surface area contributed by atoms with Crippen molar-refractivity contribution in [1.29, 1.82) is 0 Å². The maximum atomic E-state index is 14.0. The predicted molar refractivity (Wildman–Crippen MR) is 128 cm³/mol. The first-order valence-corrected chi connectivity index (χ1v) is 11.2. The van der Waals surface area contributed by atoms with E-state index in [-0.39, 0.29) is 6.61 Å². The number of Topliss-reactive ketones (excluding diaryl/α,β-unsaturated/α-hetero) is 1. The second-order valence-electron chi connectivity index (χ2n) is 8.14. The Labute approximate surface area is 191 Å². The Hall–Kier alpha value is -2.11. The molecule has 0 aliphatic rings. The third kappa shape index (κ3) is 5.21. The Morgan fingerprint density at radius 1 is 1.00 bits per heavy atom. The molecule has 0 spiro atoms. The van der Waals surface area contributed by atoms with Gasteiger partial charge >= 0.3 is 5.97 Å². The molecule has 0 aliphatic carbocycles. The second-order valence-corrected chi connectivity index (χ2v) is 8.81. The van der Waals surface area contributed by atoms with Crippen molar-refractivity contribution in [3.8, 4) is 0 Å². The number of esters is 1. The molecule has 2 rings (SSSR count). The monoisotopic (exact) mass is 442 g/mol. The third-order valence-electron chi connectivity index (χ3n) is 5.93. The van der Waals surface area contributed by atoms with Crippen molar-refractivity contribution >= 4 is 24.4 Å². The summed E-state index contributed by atoms with van der Waals surface area (Å²) in [4.78, 5) is 27.2. The van der Waals surface area contributed by atoms with Crippen LogP contribution >= 0.6 is 12.6 Å². The van der Waals surface area contributed by atoms with Crippen LogP contribution < -0.4 is 0 Å². The molecule has 0 heterocycles. The van der Waals surface area contributed by atoms with E-state index >= 15 is 0 Å². The molecule has 0 aliphatic heterocycles. The Morgan fingerprint density at radius 3 is 2.06 bits per heavy atom. The van der Waals surface area contributed by atoms with Gasteiger partial charge < -0.3 is 9.47 Å². The van der Waals surface area contributed by atoms with Gasteiger partial charge in [-0.1, -0.05) is 49.4 Å². The molecule has 0 bridgehead atoms. The molecular weight excluding hydrogens is 408 g/mol. The fourth-order valence-electron chi connectivity index (χ4n) is 4.09. The molecule has 0 fully saturated rings. The van der Waals surface area contributed by atoms with E-state index in [1.807, 2.05) is 56.3 Å². The summed E-state index contributed by atoms with van der Waals surface area (Å²) in [5, 5.41) is 0. The summed E-state index contributed by atoms with van der Waals surface area (Å²) < 4.78 is 9.33. The number of thiol groups is 1. The van der Waals surface area contributed by atoms with Crippen LogP contribution in [0.4, 0.5) is 0 Å². The van der Waals surface area contributed by atoms with E-state index in [0.29, 0.717) is 18.4 Å². The predicted octanol–water partition coefficient (Wildman–Crippen LogP) is 5.16. The summed E-state index contributed by atoms with van der Waals surface area (Å²) in [6, 6.07) is 13.9. The summed E-state index contributed by atoms with van der Waals surface area (Å²) in [5.74, 6) is -1.07. The zero-order chi connectivity index (χ0) is 23.2. The van der Waals surface area contributed by atoms with Crippen molar-refractivity contribution in [1.82, 2.24) is 0 Å². The maximum absolute atomic E-state index is 14.0. The van der Waals surface area contributed by atoms with Crippen molar-refractivity contribution < 1.29 is 19.1 Å². The minimum atomic E-state index is -1.77. The van der Waals surface area contributed by atoms with Crippen LogP contribution in [0.1, 0.15) is 55.0 Å². The van der Waals surface area contributed by atoms with E-state index in [1.54, 1.807) is 13.8 Å². The second kappa shape index (κ2) is 10.5. The Kier molecular flexibility index (Phi) is 8.49. The number of hydrogen-bond donors (Lipinski definition) is 1. The molecule has 0 saturated carbocycles. The van der Waals surface area contributed by atoms with Crippen molar-refractivity contribution in [2.75, 3.05) is 13.7 Å². The van der Waals surface area contributed by atoms with Crippen LogP contribution in [0.3, 0.4) is 0 Å². The minimum absolute atomic E-state index is 0.160. The number of carbonyl (C=O) groups excluding carboxylic acids is 2. The van der Waals surface area contributed by atoms with Crippen molar-refractivity contribution in [2.45, 2.75) is 64.2 Å². The lowest BCUT2D eigenvalue weighted by molar-refractivity contribution is -0.156. The average Bonchev–Trinajstić information content (AvgIpc) is 2.76. The van der Waals surface area contributed by atoms with Crippen molar-refractivity contribution in [3.63, 3.8) is 0 Å². The molecule has 0 N–H and O–H groups in total. The fraction of sp³-hybridized carbons (Fsp3) is 0.462. The summed E-state index contributed by atoms with van der Waals surface area (Å²) in [5.41, 5.74) is 3.29. The van der Waals surface area contributed by atoms with E-state index < -0.39 is 22.1 Å². The van der Waals surface area contributed by atoms with Gasteiger partial charge in [-0.25, -0.2) is 4.79 Å². The lowest BCUT2D eigenvalue weighted by atomic mass is 9.78. The van der Waals surface area contributed by atoms with Crippen LogP contribution in [0.15, 0.2) is 42.5 Å². The molecular formula is C26H34O4S. The summed E-state index contributed by atoms with van der Waals surface area (Å²) >= 11 is 4.76. The van der Waals surface area contributed by atoms with Gasteiger partial charge in [0, 0.05) is 7.11 Å².